The predicted molar refractivity (Wildman–Crippen MR) is 111 cm³/mol. The van der Waals surface area contributed by atoms with Gasteiger partial charge in [-0.25, -0.2) is 0 Å². The Labute approximate surface area is 166 Å². The van der Waals surface area contributed by atoms with Crippen LogP contribution in [-0.4, -0.2) is 60.9 Å². The molecule has 0 spiro atoms. The van der Waals surface area contributed by atoms with E-state index < -0.39 is 0 Å². The molecule has 1 aliphatic rings. The number of aryl methyl sites for hydroxylation is 1. The lowest BCUT2D eigenvalue weighted by atomic mass is 10.1. The number of nitrogens with one attached hydrogen (secondary N) is 1. The standard InChI is InChI=1S/C22H29N3O3/c1-3-19-18(17-8-5-6-9-20(17)28-19)10-11-22(27)25-13-7-12-24(14-15-25)16-21(26)23-4-2/h5-6,8-11H,3-4,7,12-16H2,1-2H3,(H,23,26)/b11-10+. The molecule has 1 fully saturated rings. The number of carbonyl (C=O) groups is 2. The molecule has 2 aromatic rings. The van der Waals surface area contributed by atoms with Crippen molar-refractivity contribution in [1.82, 2.24) is 15.1 Å². The number of rotatable bonds is 6. The second-order valence-corrected chi connectivity index (χ2v) is 7.03. The Balaban J connectivity index is 1.64. The Hall–Kier alpha value is -2.60. The maximum absolute atomic E-state index is 12.7. The molecule has 0 bridgehead atoms. The highest BCUT2D eigenvalue weighted by Gasteiger charge is 2.19. The second kappa shape index (κ2) is 9.55. The van der Waals surface area contributed by atoms with Gasteiger partial charge in [0, 0.05) is 56.2 Å². The molecule has 0 aliphatic carbocycles. The van der Waals surface area contributed by atoms with Crippen LogP contribution < -0.4 is 5.32 Å². The van der Waals surface area contributed by atoms with Crippen LogP contribution in [0.25, 0.3) is 17.0 Å². The molecule has 1 N–H and O–H groups in total. The van der Waals surface area contributed by atoms with Gasteiger partial charge in [-0.2, -0.15) is 0 Å². The zero-order valence-corrected chi connectivity index (χ0v) is 16.7. The molecule has 2 heterocycles. The normalized spacial score (nSPS) is 15.9. The summed E-state index contributed by atoms with van der Waals surface area (Å²) < 4.78 is 5.90. The van der Waals surface area contributed by atoms with Crippen LogP contribution in [0.5, 0.6) is 0 Å². The molecule has 1 saturated heterocycles. The Kier molecular flexibility index (Phi) is 6.87. The fourth-order valence-electron chi connectivity index (χ4n) is 3.63. The van der Waals surface area contributed by atoms with E-state index in [2.05, 4.69) is 17.1 Å². The zero-order valence-electron chi connectivity index (χ0n) is 16.7. The highest BCUT2D eigenvalue weighted by molar-refractivity contribution is 5.96. The van der Waals surface area contributed by atoms with Gasteiger partial charge in [-0.3, -0.25) is 14.5 Å². The average Bonchev–Trinajstić information content (AvgIpc) is 2.89. The maximum atomic E-state index is 12.7. The number of benzene rings is 1. The van der Waals surface area contributed by atoms with Gasteiger partial charge in [0.1, 0.15) is 11.3 Å². The third kappa shape index (κ3) is 4.81. The van der Waals surface area contributed by atoms with E-state index in [4.69, 9.17) is 4.42 Å². The molecule has 2 amide bonds. The average molecular weight is 383 g/mol. The summed E-state index contributed by atoms with van der Waals surface area (Å²) in [6.45, 7) is 7.89. The minimum absolute atomic E-state index is 0.00666. The molecule has 1 aromatic heterocycles. The summed E-state index contributed by atoms with van der Waals surface area (Å²) >= 11 is 0. The van der Waals surface area contributed by atoms with Crippen molar-refractivity contribution in [2.45, 2.75) is 26.7 Å². The Bertz CT molecular complexity index is 856. The van der Waals surface area contributed by atoms with Crippen LogP contribution in [-0.2, 0) is 16.0 Å². The molecule has 6 nitrogen and oxygen atoms in total. The number of carbonyl (C=O) groups excluding carboxylic acids is 2. The minimum Gasteiger partial charge on any atom is -0.460 e. The molecule has 28 heavy (non-hydrogen) atoms. The van der Waals surface area contributed by atoms with Crippen LogP contribution in [0.3, 0.4) is 0 Å². The summed E-state index contributed by atoms with van der Waals surface area (Å²) in [5.74, 6) is 0.947. The second-order valence-electron chi connectivity index (χ2n) is 7.03. The van der Waals surface area contributed by atoms with Gasteiger partial charge in [0.25, 0.3) is 0 Å². The topological polar surface area (TPSA) is 65.8 Å². The van der Waals surface area contributed by atoms with Crippen molar-refractivity contribution in [3.05, 3.63) is 41.7 Å². The van der Waals surface area contributed by atoms with E-state index in [1.165, 1.54) is 0 Å². The molecule has 6 heteroatoms. The van der Waals surface area contributed by atoms with E-state index in [-0.39, 0.29) is 11.8 Å². The number of fused-ring (bicyclic) bond motifs is 1. The van der Waals surface area contributed by atoms with E-state index in [0.717, 1.165) is 41.7 Å². The lowest BCUT2D eigenvalue weighted by Gasteiger charge is -2.20. The van der Waals surface area contributed by atoms with Crippen LogP contribution in [0.2, 0.25) is 0 Å². The number of likely N-dealkylation sites (N-methyl/N-ethyl adjacent to an activating group) is 1. The first-order chi connectivity index (χ1) is 13.6. The van der Waals surface area contributed by atoms with Crippen LogP contribution in [0.1, 0.15) is 31.6 Å². The van der Waals surface area contributed by atoms with Gasteiger partial charge in [0.05, 0.1) is 6.54 Å². The van der Waals surface area contributed by atoms with E-state index in [0.29, 0.717) is 32.7 Å². The summed E-state index contributed by atoms with van der Waals surface area (Å²) in [6.07, 6.45) is 5.18. The number of furan rings is 1. The number of hydrogen-bond acceptors (Lipinski definition) is 4. The Morgan fingerprint density at radius 1 is 1.14 bits per heavy atom. The quantitative estimate of drug-likeness (QED) is 0.779. The van der Waals surface area contributed by atoms with Gasteiger partial charge >= 0.3 is 0 Å². The third-order valence-corrected chi connectivity index (χ3v) is 5.07. The molecule has 0 unspecified atom stereocenters. The van der Waals surface area contributed by atoms with Gasteiger partial charge in [-0.15, -0.1) is 0 Å². The summed E-state index contributed by atoms with van der Waals surface area (Å²) in [5, 5.41) is 3.86. The number of amides is 2. The Morgan fingerprint density at radius 2 is 1.96 bits per heavy atom. The number of hydrogen-bond donors (Lipinski definition) is 1. The molecule has 150 valence electrons. The van der Waals surface area contributed by atoms with Crippen LogP contribution in [0.15, 0.2) is 34.8 Å². The van der Waals surface area contributed by atoms with Crippen LogP contribution in [0.4, 0.5) is 0 Å². The van der Waals surface area contributed by atoms with Crippen molar-refractivity contribution in [2.75, 3.05) is 39.3 Å². The fraction of sp³-hybridized carbons (Fsp3) is 0.455. The summed E-state index contributed by atoms with van der Waals surface area (Å²) in [4.78, 5) is 28.5. The van der Waals surface area contributed by atoms with Gasteiger partial charge in [0.2, 0.25) is 11.8 Å². The largest absolute Gasteiger partial charge is 0.460 e. The van der Waals surface area contributed by atoms with Crippen molar-refractivity contribution in [1.29, 1.82) is 0 Å². The Morgan fingerprint density at radius 3 is 2.75 bits per heavy atom. The first-order valence-corrected chi connectivity index (χ1v) is 10.1. The van der Waals surface area contributed by atoms with Crippen molar-refractivity contribution in [2.24, 2.45) is 0 Å². The lowest BCUT2D eigenvalue weighted by molar-refractivity contribution is -0.125. The van der Waals surface area contributed by atoms with Crippen LogP contribution >= 0.6 is 0 Å². The molecule has 1 aromatic carbocycles. The van der Waals surface area contributed by atoms with Gasteiger partial charge in [0.15, 0.2) is 0 Å². The smallest absolute Gasteiger partial charge is 0.246 e. The maximum Gasteiger partial charge on any atom is 0.246 e. The predicted octanol–water partition coefficient (Wildman–Crippen LogP) is 2.68. The van der Waals surface area contributed by atoms with Crippen molar-refractivity contribution < 1.29 is 14.0 Å². The van der Waals surface area contributed by atoms with E-state index >= 15 is 0 Å². The van der Waals surface area contributed by atoms with Gasteiger partial charge in [-0.1, -0.05) is 25.1 Å². The van der Waals surface area contributed by atoms with E-state index in [9.17, 15) is 9.59 Å². The van der Waals surface area contributed by atoms with Gasteiger partial charge in [-0.05, 0) is 25.5 Å². The lowest BCUT2D eigenvalue weighted by Crippen LogP contribution is -2.39. The SMILES string of the molecule is CCNC(=O)CN1CCCN(C(=O)/C=C/c2c(CC)oc3ccccc23)CC1. The molecular formula is C22H29N3O3. The molecule has 0 atom stereocenters. The number of para-hydroxylation sites is 1. The highest BCUT2D eigenvalue weighted by Crippen LogP contribution is 2.27. The highest BCUT2D eigenvalue weighted by atomic mass is 16.3. The summed E-state index contributed by atoms with van der Waals surface area (Å²) in [6, 6.07) is 7.90. The van der Waals surface area contributed by atoms with E-state index in [1.54, 1.807) is 6.08 Å². The minimum atomic E-state index is 0.00666. The molecule has 0 radical (unpaired) electrons. The zero-order chi connectivity index (χ0) is 19.9. The van der Waals surface area contributed by atoms with Crippen LogP contribution in [0, 0.1) is 0 Å². The van der Waals surface area contributed by atoms with E-state index in [1.807, 2.05) is 42.2 Å². The molecule has 3 rings (SSSR count). The monoisotopic (exact) mass is 383 g/mol. The fourth-order valence-corrected chi connectivity index (χ4v) is 3.63. The first kappa shape index (κ1) is 20.1. The van der Waals surface area contributed by atoms with Crippen molar-refractivity contribution in [3.63, 3.8) is 0 Å². The van der Waals surface area contributed by atoms with Crippen molar-refractivity contribution >= 4 is 28.9 Å². The number of nitrogens with zero attached hydrogens (tertiary/aromatic N) is 2. The summed E-state index contributed by atoms with van der Waals surface area (Å²) in [5.41, 5.74) is 1.83. The third-order valence-electron chi connectivity index (χ3n) is 5.07. The van der Waals surface area contributed by atoms with Crippen molar-refractivity contribution in [3.8, 4) is 0 Å². The first-order valence-electron chi connectivity index (χ1n) is 10.1. The summed E-state index contributed by atoms with van der Waals surface area (Å²) in [7, 11) is 0. The molecule has 1 aliphatic heterocycles. The molecular weight excluding hydrogens is 354 g/mol. The van der Waals surface area contributed by atoms with Gasteiger partial charge < -0.3 is 14.6 Å². The molecule has 0 saturated carbocycles.